The highest BCUT2D eigenvalue weighted by atomic mass is 32.2. The molecule has 20 heavy (non-hydrogen) atoms. The molecule has 1 unspecified atom stereocenters. The van der Waals surface area contributed by atoms with Crippen molar-refractivity contribution in [1.29, 1.82) is 0 Å². The van der Waals surface area contributed by atoms with Gasteiger partial charge in [0, 0.05) is 41.9 Å². The van der Waals surface area contributed by atoms with Gasteiger partial charge < -0.3 is 10.2 Å². The zero-order valence-electron chi connectivity index (χ0n) is 13.2. The topological polar surface area (TPSA) is 28.2 Å². The minimum atomic E-state index is 0.697. The molecule has 1 N–H and O–H groups in total. The fourth-order valence-corrected chi connectivity index (χ4v) is 3.74. The zero-order valence-corrected chi connectivity index (χ0v) is 14.0. The molecule has 1 saturated heterocycles. The predicted octanol–water partition coefficient (Wildman–Crippen LogP) is 3.14. The van der Waals surface area contributed by atoms with Crippen LogP contribution in [0.15, 0.2) is 6.07 Å². The highest BCUT2D eigenvalue weighted by Crippen LogP contribution is 2.27. The maximum Gasteiger partial charge on any atom is 0.133 e. The SMILES string of the molecule is CCCNCc1c(C)cc(C)nc1N1CCSC(C)C1. The number of thioether (sulfide) groups is 1. The van der Waals surface area contributed by atoms with Crippen molar-refractivity contribution in [2.24, 2.45) is 0 Å². The standard InChI is InChI=1S/C16H27N3S/c1-5-6-17-10-15-12(2)9-13(3)18-16(15)19-7-8-20-14(4)11-19/h9,14,17H,5-8,10-11H2,1-4H3. The van der Waals surface area contributed by atoms with Gasteiger partial charge in [0.25, 0.3) is 0 Å². The quantitative estimate of drug-likeness (QED) is 0.844. The fraction of sp³-hybridized carbons (Fsp3) is 0.688. The Morgan fingerprint density at radius 3 is 2.95 bits per heavy atom. The third kappa shape index (κ3) is 3.89. The summed E-state index contributed by atoms with van der Waals surface area (Å²) in [5.74, 6) is 2.41. The van der Waals surface area contributed by atoms with Gasteiger partial charge in [-0.2, -0.15) is 11.8 Å². The monoisotopic (exact) mass is 293 g/mol. The largest absolute Gasteiger partial charge is 0.354 e. The first-order valence-electron chi connectivity index (χ1n) is 7.66. The molecule has 2 heterocycles. The summed E-state index contributed by atoms with van der Waals surface area (Å²) < 4.78 is 0. The van der Waals surface area contributed by atoms with Crippen LogP contribution in [0.2, 0.25) is 0 Å². The number of pyridine rings is 1. The lowest BCUT2D eigenvalue weighted by Gasteiger charge is -2.33. The van der Waals surface area contributed by atoms with Gasteiger partial charge in [-0.25, -0.2) is 4.98 Å². The van der Waals surface area contributed by atoms with E-state index in [1.54, 1.807) is 0 Å². The Hall–Kier alpha value is -0.740. The van der Waals surface area contributed by atoms with Gasteiger partial charge in [-0.1, -0.05) is 13.8 Å². The predicted molar refractivity (Wildman–Crippen MR) is 89.8 cm³/mol. The van der Waals surface area contributed by atoms with E-state index in [9.17, 15) is 0 Å². The second kappa shape index (κ2) is 7.32. The van der Waals surface area contributed by atoms with E-state index in [-0.39, 0.29) is 0 Å². The minimum Gasteiger partial charge on any atom is -0.354 e. The van der Waals surface area contributed by atoms with E-state index in [0.29, 0.717) is 5.25 Å². The van der Waals surface area contributed by atoms with Crippen molar-refractivity contribution in [2.75, 3.05) is 30.3 Å². The second-order valence-electron chi connectivity index (χ2n) is 5.69. The molecular weight excluding hydrogens is 266 g/mol. The minimum absolute atomic E-state index is 0.697. The van der Waals surface area contributed by atoms with E-state index in [1.807, 2.05) is 0 Å². The van der Waals surface area contributed by atoms with Crippen molar-refractivity contribution >= 4 is 17.6 Å². The van der Waals surface area contributed by atoms with Crippen LogP contribution in [0.5, 0.6) is 0 Å². The van der Waals surface area contributed by atoms with Crippen LogP contribution in [0.1, 0.15) is 37.1 Å². The highest BCUT2D eigenvalue weighted by molar-refractivity contribution is 8.00. The smallest absolute Gasteiger partial charge is 0.133 e. The Morgan fingerprint density at radius 1 is 1.45 bits per heavy atom. The zero-order chi connectivity index (χ0) is 14.5. The molecule has 0 saturated carbocycles. The number of anilines is 1. The van der Waals surface area contributed by atoms with Gasteiger partial charge in [0.2, 0.25) is 0 Å². The Morgan fingerprint density at radius 2 is 2.25 bits per heavy atom. The Kier molecular flexibility index (Phi) is 5.73. The molecule has 1 atom stereocenters. The summed E-state index contributed by atoms with van der Waals surface area (Å²) >= 11 is 2.07. The van der Waals surface area contributed by atoms with Gasteiger partial charge in [0.15, 0.2) is 0 Å². The van der Waals surface area contributed by atoms with Crippen molar-refractivity contribution < 1.29 is 0 Å². The van der Waals surface area contributed by atoms with Gasteiger partial charge in [-0.05, 0) is 38.4 Å². The van der Waals surface area contributed by atoms with E-state index in [0.717, 1.165) is 31.9 Å². The van der Waals surface area contributed by atoms with Crippen LogP contribution in [0.25, 0.3) is 0 Å². The number of aryl methyl sites for hydroxylation is 2. The van der Waals surface area contributed by atoms with Gasteiger partial charge in [0.1, 0.15) is 5.82 Å². The van der Waals surface area contributed by atoms with Crippen LogP contribution < -0.4 is 10.2 Å². The van der Waals surface area contributed by atoms with E-state index >= 15 is 0 Å². The van der Waals surface area contributed by atoms with Gasteiger partial charge in [-0.3, -0.25) is 0 Å². The number of rotatable bonds is 5. The average molecular weight is 293 g/mol. The third-order valence-corrected chi connectivity index (χ3v) is 4.86. The maximum atomic E-state index is 4.85. The average Bonchev–Trinajstić information content (AvgIpc) is 2.41. The summed E-state index contributed by atoms with van der Waals surface area (Å²) in [6.45, 7) is 13.1. The normalized spacial score (nSPS) is 19.4. The summed E-state index contributed by atoms with van der Waals surface area (Å²) in [5.41, 5.74) is 3.87. The molecule has 0 bridgehead atoms. The van der Waals surface area contributed by atoms with Crippen molar-refractivity contribution in [3.8, 4) is 0 Å². The molecule has 112 valence electrons. The molecule has 1 aliphatic heterocycles. The summed E-state index contributed by atoms with van der Waals surface area (Å²) in [6, 6.07) is 2.20. The van der Waals surface area contributed by atoms with E-state index < -0.39 is 0 Å². The molecular formula is C16H27N3S. The van der Waals surface area contributed by atoms with E-state index in [1.165, 1.54) is 29.1 Å². The van der Waals surface area contributed by atoms with Crippen LogP contribution in [0.3, 0.4) is 0 Å². The highest BCUT2D eigenvalue weighted by Gasteiger charge is 2.21. The molecule has 0 spiro atoms. The summed E-state index contributed by atoms with van der Waals surface area (Å²) in [5, 5.41) is 4.23. The van der Waals surface area contributed by atoms with Crippen LogP contribution >= 0.6 is 11.8 Å². The molecule has 1 aromatic heterocycles. The lowest BCUT2D eigenvalue weighted by Crippen LogP contribution is -2.38. The molecule has 1 fully saturated rings. The number of nitrogens with one attached hydrogen (secondary N) is 1. The second-order valence-corrected chi connectivity index (χ2v) is 7.23. The lowest BCUT2D eigenvalue weighted by molar-refractivity contribution is 0.664. The Bertz CT molecular complexity index is 448. The van der Waals surface area contributed by atoms with Crippen LogP contribution in [-0.4, -0.2) is 35.6 Å². The van der Waals surface area contributed by atoms with Gasteiger partial charge in [0.05, 0.1) is 0 Å². The lowest BCUT2D eigenvalue weighted by atomic mass is 10.1. The van der Waals surface area contributed by atoms with Crippen molar-refractivity contribution in [3.63, 3.8) is 0 Å². The first kappa shape index (κ1) is 15.6. The van der Waals surface area contributed by atoms with Crippen LogP contribution in [0, 0.1) is 13.8 Å². The molecule has 1 aliphatic rings. The Labute approximate surface area is 127 Å². The van der Waals surface area contributed by atoms with E-state index in [4.69, 9.17) is 4.98 Å². The molecule has 0 aromatic carbocycles. The van der Waals surface area contributed by atoms with Crippen LogP contribution in [-0.2, 0) is 6.54 Å². The Balaban J connectivity index is 2.24. The molecule has 2 rings (SSSR count). The third-order valence-electron chi connectivity index (χ3n) is 3.72. The van der Waals surface area contributed by atoms with Crippen molar-refractivity contribution in [1.82, 2.24) is 10.3 Å². The number of hydrogen-bond acceptors (Lipinski definition) is 4. The molecule has 3 nitrogen and oxygen atoms in total. The molecule has 1 aromatic rings. The summed E-state index contributed by atoms with van der Waals surface area (Å²) in [4.78, 5) is 7.32. The first-order chi connectivity index (χ1) is 9.61. The van der Waals surface area contributed by atoms with E-state index in [2.05, 4.69) is 55.7 Å². The number of hydrogen-bond donors (Lipinski definition) is 1. The van der Waals surface area contributed by atoms with Crippen molar-refractivity contribution in [2.45, 2.75) is 45.9 Å². The maximum absolute atomic E-state index is 4.85. The molecule has 0 amide bonds. The summed E-state index contributed by atoms with van der Waals surface area (Å²) in [7, 11) is 0. The fourth-order valence-electron chi connectivity index (χ4n) is 2.72. The van der Waals surface area contributed by atoms with Gasteiger partial charge >= 0.3 is 0 Å². The molecule has 0 radical (unpaired) electrons. The molecule has 4 heteroatoms. The van der Waals surface area contributed by atoms with Gasteiger partial charge in [-0.15, -0.1) is 0 Å². The number of aromatic nitrogens is 1. The molecule has 0 aliphatic carbocycles. The first-order valence-corrected chi connectivity index (χ1v) is 8.71. The summed E-state index contributed by atoms with van der Waals surface area (Å²) in [6.07, 6.45) is 1.17. The van der Waals surface area contributed by atoms with Crippen LogP contribution in [0.4, 0.5) is 5.82 Å². The number of nitrogens with zero attached hydrogens (tertiary/aromatic N) is 2. The van der Waals surface area contributed by atoms with Crippen molar-refractivity contribution in [3.05, 3.63) is 22.9 Å².